The molecule has 0 spiro atoms. The average molecular weight is 539 g/mol. The molecule has 196 valence electrons. The van der Waals surface area contributed by atoms with Crippen LogP contribution in [0.5, 0.6) is 0 Å². The van der Waals surface area contributed by atoms with Gasteiger partial charge in [0.05, 0.1) is 11.3 Å². The zero-order valence-corrected chi connectivity index (χ0v) is 23.2. The lowest BCUT2D eigenvalue weighted by atomic mass is 9.96. The smallest absolute Gasteiger partial charge is 0.231 e. The highest BCUT2D eigenvalue weighted by atomic mass is 35.5. The van der Waals surface area contributed by atoms with E-state index in [4.69, 9.17) is 16.6 Å². The molecule has 1 saturated carbocycles. The van der Waals surface area contributed by atoms with Gasteiger partial charge in [0.2, 0.25) is 5.91 Å². The van der Waals surface area contributed by atoms with Gasteiger partial charge < -0.3 is 15.1 Å². The molecule has 9 heteroatoms. The van der Waals surface area contributed by atoms with Crippen molar-refractivity contribution in [1.82, 2.24) is 25.1 Å². The molecule has 1 aromatic carbocycles. The van der Waals surface area contributed by atoms with Crippen molar-refractivity contribution in [3.8, 4) is 0 Å². The Balaban J connectivity index is 1.18. The summed E-state index contributed by atoms with van der Waals surface area (Å²) in [6.07, 6.45) is 5.49. The summed E-state index contributed by atoms with van der Waals surface area (Å²) in [7, 11) is 0. The summed E-state index contributed by atoms with van der Waals surface area (Å²) in [5, 5.41) is 5.40. The molecule has 1 aliphatic carbocycles. The zero-order chi connectivity index (χ0) is 25.5. The Bertz CT molecular complexity index is 1270. The minimum absolute atomic E-state index is 0.177. The summed E-state index contributed by atoms with van der Waals surface area (Å²) in [5.41, 5.74) is 2.46. The third-order valence-electron chi connectivity index (χ3n) is 7.90. The van der Waals surface area contributed by atoms with E-state index in [9.17, 15) is 4.79 Å². The van der Waals surface area contributed by atoms with Crippen molar-refractivity contribution in [2.75, 3.05) is 44.2 Å². The number of benzene rings is 1. The highest BCUT2D eigenvalue weighted by molar-refractivity contribution is 7.19. The van der Waals surface area contributed by atoms with Gasteiger partial charge in [0, 0.05) is 67.8 Å². The maximum Gasteiger partial charge on any atom is 0.231 e. The molecule has 7 nitrogen and oxygen atoms in total. The minimum Gasteiger partial charge on any atom is -0.352 e. The molecule has 4 heterocycles. The summed E-state index contributed by atoms with van der Waals surface area (Å²) in [6.45, 7) is 9.97. The van der Waals surface area contributed by atoms with Crippen LogP contribution in [0.3, 0.4) is 0 Å². The SMILES string of the molecule is CC(C)NCC(C(=O)N1CCN(c2ncnc3sc4c(c23)CCN(C2CC2)C4)CC1)c1ccc(Cl)cc1. The molecule has 2 aromatic heterocycles. The number of carbonyl (C=O) groups is 1. The number of amides is 1. The van der Waals surface area contributed by atoms with Gasteiger partial charge in [-0.15, -0.1) is 11.3 Å². The molecule has 3 aromatic rings. The molecule has 1 N–H and O–H groups in total. The normalized spacial score (nSPS) is 19.5. The Kier molecular flexibility index (Phi) is 7.09. The molecular formula is C28H35ClN6OS. The van der Waals surface area contributed by atoms with Crippen LogP contribution in [0.25, 0.3) is 10.2 Å². The van der Waals surface area contributed by atoms with E-state index in [0.717, 1.165) is 54.9 Å². The number of hydrogen-bond acceptors (Lipinski definition) is 7. The number of rotatable bonds is 7. The highest BCUT2D eigenvalue weighted by Crippen LogP contribution is 2.41. The van der Waals surface area contributed by atoms with E-state index >= 15 is 0 Å². The Morgan fingerprint density at radius 3 is 2.57 bits per heavy atom. The van der Waals surface area contributed by atoms with Crippen molar-refractivity contribution in [3.05, 3.63) is 51.6 Å². The monoisotopic (exact) mass is 538 g/mol. The minimum atomic E-state index is -0.227. The van der Waals surface area contributed by atoms with E-state index in [-0.39, 0.29) is 11.8 Å². The number of hydrogen-bond donors (Lipinski definition) is 1. The first-order valence-corrected chi connectivity index (χ1v) is 14.7. The fourth-order valence-electron chi connectivity index (χ4n) is 5.68. The summed E-state index contributed by atoms with van der Waals surface area (Å²) in [4.78, 5) is 32.7. The summed E-state index contributed by atoms with van der Waals surface area (Å²) >= 11 is 7.96. The molecule has 6 rings (SSSR count). The molecule has 2 fully saturated rings. The number of nitrogens with zero attached hydrogens (tertiary/aromatic N) is 5. The van der Waals surface area contributed by atoms with E-state index in [2.05, 4.69) is 33.9 Å². The quantitative estimate of drug-likeness (QED) is 0.484. The second-order valence-electron chi connectivity index (χ2n) is 10.8. The van der Waals surface area contributed by atoms with Crippen LogP contribution in [0.4, 0.5) is 5.82 Å². The number of fused-ring (bicyclic) bond motifs is 3. The van der Waals surface area contributed by atoms with Crippen molar-refractivity contribution < 1.29 is 4.79 Å². The number of anilines is 1. The Morgan fingerprint density at radius 2 is 1.86 bits per heavy atom. The average Bonchev–Trinajstić information content (AvgIpc) is 3.69. The number of piperazine rings is 1. The van der Waals surface area contributed by atoms with E-state index in [1.54, 1.807) is 6.33 Å². The number of thiophene rings is 1. The predicted molar refractivity (Wildman–Crippen MR) is 151 cm³/mol. The van der Waals surface area contributed by atoms with Crippen LogP contribution in [0.1, 0.15) is 48.6 Å². The van der Waals surface area contributed by atoms with Crippen molar-refractivity contribution in [2.24, 2.45) is 0 Å². The summed E-state index contributed by atoms with van der Waals surface area (Å²) in [5.74, 6) is 0.997. The molecular weight excluding hydrogens is 504 g/mol. The van der Waals surface area contributed by atoms with E-state index < -0.39 is 0 Å². The fourth-order valence-corrected chi connectivity index (χ4v) is 7.01. The van der Waals surface area contributed by atoms with Gasteiger partial charge in [-0.25, -0.2) is 9.97 Å². The highest BCUT2D eigenvalue weighted by Gasteiger charge is 2.34. The van der Waals surface area contributed by atoms with Crippen molar-refractivity contribution in [3.63, 3.8) is 0 Å². The van der Waals surface area contributed by atoms with Gasteiger partial charge in [0.15, 0.2) is 0 Å². The van der Waals surface area contributed by atoms with Gasteiger partial charge in [0.25, 0.3) is 0 Å². The predicted octanol–water partition coefficient (Wildman–Crippen LogP) is 4.30. The molecule has 0 bridgehead atoms. The third kappa shape index (κ3) is 5.21. The van der Waals surface area contributed by atoms with Crippen LogP contribution in [0.2, 0.25) is 5.02 Å². The van der Waals surface area contributed by atoms with Gasteiger partial charge in [-0.1, -0.05) is 37.6 Å². The number of carbonyl (C=O) groups excluding carboxylic acids is 1. The maximum absolute atomic E-state index is 13.7. The third-order valence-corrected chi connectivity index (χ3v) is 9.28. The summed E-state index contributed by atoms with van der Waals surface area (Å²) < 4.78 is 0. The first-order chi connectivity index (χ1) is 18.0. The molecule has 0 radical (unpaired) electrons. The molecule has 1 saturated heterocycles. The number of nitrogens with one attached hydrogen (secondary N) is 1. The van der Waals surface area contributed by atoms with Crippen LogP contribution in [-0.2, 0) is 17.8 Å². The second kappa shape index (κ2) is 10.5. The lowest BCUT2D eigenvalue weighted by Crippen LogP contribution is -2.51. The largest absolute Gasteiger partial charge is 0.352 e. The van der Waals surface area contributed by atoms with Gasteiger partial charge in [-0.05, 0) is 42.5 Å². The van der Waals surface area contributed by atoms with Crippen molar-refractivity contribution in [2.45, 2.75) is 57.7 Å². The van der Waals surface area contributed by atoms with E-state index in [1.807, 2.05) is 40.5 Å². The van der Waals surface area contributed by atoms with Crippen LogP contribution < -0.4 is 10.2 Å². The molecule has 1 unspecified atom stereocenters. The van der Waals surface area contributed by atoms with Gasteiger partial charge >= 0.3 is 0 Å². The van der Waals surface area contributed by atoms with Gasteiger partial charge in [-0.2, -0.15) is 0 Å². The topological polar surface area (TPSA) is 64.6 Å². The maximum atomic E-state index is 13.7. The van der Waals surface area contributed by atoms with Gasteiger partial charge in [-0.3, -0.25) is 9.69 Å². The standard InChI is InChI=1S/C28H35ClN6OS/c1-18(2)30-15-23(19-3-5-20(29)6-4-19)28(36)34-13-11-33(12-14-34)26-25-22-9-10-35(21-7-8-21)16-24(22)37-27(25)32-17-31-26/h3-6,17-18,21,23,30H,7-16H2,1-2H3. The van der Waals surface area contributed by atoms with Crippen LogP contribution in [0, 0.1) is 0 Å². The lowest BCUT2D eigenvalue weighted by Gasteiger charge is -2.37. The second-order valence-corrected chi connectivity index (χ2v) is 12.3. The lowest BCUT2D eigenvalue weighted by molar-refractivity contribution is -0.133. The molecule has 1 atom stereocenters. The molecule has 3 aliphatic rings. The molecule has 2 aliphatic heterocycles. The number of halogens is 1. The van der Waals surface area contributed by atoms with E-state index in [0.29, 0.717) is 30.7 Å². The Morgan fingerprint density at radius 1 is 1.11 bits per heavy atom. The van der Waals surface area contributed by atoms with Gasteiger partial charge in [0.1, 0.15) is 17.0 Å². The number of aromatic nitrogens is 2. The van der Waals surface area contributed by atoms with Crippen molar-refractivity contribution >= 4 is 44.9 Å². The van der Waals surface area contributed by atoms with Crippen LogP contribution in [0.15, 0.2) is 30.6 Å². The Hall–Kier alpha value is -2.26. The Labute approximate surface area is 227 Å². The van der Waals surface area contributed by atoms with Crippen LogP contribution in [-0.4, -0.2) is 77.0 Å². The van der Waals surface area contributed by atoms with E-state index in [1.165, 1.54) is 28.7 Å². The summed E-state index contributed by atoms with van der Waals surface area (Å²) in [6, 6.07) is 8.80. The first-order valence-electron chi connectivity index (χ1n) is 13.5. The first kappa shape index (κ1) is 25.0. The van der Waals surface area contributed by atoms with Crippen molar-refractivity contribution in [1.29, 1.82) is 0 Å². The zero-order valence-electron chi connectivity index (χ0n) is 21.6. The molecule has 37 heavy (non-hydrogen) atoms. The molecule has 1 amide bonds. The van der Waals surface area contributed by atoms with Crippen LogP contribution >= 0.6 is 22.9 Å². The fraction of sp³-hybridized carbons (Fsp3) is 0.536.